The summed E-state index contributed by atoms with van der Waals surface area (Å²) in [6, 6.07) is 7.15. The average molecular weight is 182 g/mol. The molecule has 2 nitrogen and oxygen atoms in total. The van der Waals surface area contributed by atoms with Crippen LogP contribution in [0.1, 0.15) is 19.4 Å². The van der Waals surface area contributed by atoms with Gasteiger partial charge in [-0.1, -0.05) is 12.1 Å². The summed E-state index contributed by atoms with van der Waals surface area (Å²) in [5.41, 5.74) is 1.09. The standard InChI is InChI=1S/C7H8O.C4H10O/c1-6-3-2-4-7(8)5-6;1-3-5-4-2/h2-5,8H,1H3;3-4H2,1-2H3. The van der Waals surface area contributed by atoms with Gasteiger partial charge in [-0.15, -0.1) is 0 Å². The zero-order chi connectivity index (χ0) is 10.1. The normalized spacial score (nSPS) is 8.85. The van der Waals surface area contributed by atoms with Gasteiger partial charge in [-0.3, -0.25) is 0 Å². The molecule has 1 aromatic carbocycles. The minimum atomic E-state index is 0.338. The van der Waals surface area contributed by atoms with Gasteiger partial charge >= 0.3 is 0 Å². The van der Waals surface area contributed by atoms with Crippen molar-refractivity contribution in [2.75, 3.05) is 13.2 Å². The number of benzene rings is 1. The van der Waals surface area contributed by atoms with Gasteiger partial charge < -0.3 is 9.84 Å². The van der Waals surface area contributed by atoms with Crippen LogP contribution in [0.2, 0.25) is 0 Å². The lowest BCUT2D eigenvalue weighted by Crippen LogP contribution is -1.84. The maximum atomic E-state index is 8.81. The molecule has 0 aliphatic carbocycles. The minimum Gasteiger partial charge on any atom is -0.508 e. The highest BCUT2D eigenvalue weighted by Crippen LogP contribution is 2.08. The fourth-order valence-electron chi connectivity index (χ4n) is 0.832. The van der Waals surface area contributed by atoms with Crippen molar-refractivity contribution in [1.82, 2.24) is 0 Å². The highest BCUT2D eigenvalue weighted by Gasteiger charge is 1.83. The van der Waals surface area contributed by atoms with Crippen molar-refractivity contribution in [3.8, 4) is 5.75 Å². The van der Waals surface area contributed by atoms with E-state index in [4.69, 9.17) is 9.84 Å². The molecule has 0 aliphatic heterocycles. The van der Waals surface area contributed by atoms with Crippen LogP contribution < -0.4 is 0 Å². The maximum absolute atomic E-state index is 8.81. The lowest BCUT2D eigenvalue weighted by molar-refractivity contribution is 0.162. The molecule has 0 radical (unpaired) electrons. The Morgan fingerprint density at radius 2 is 1.85 bits per heavy atom. The maximum Gasteiger partial charge on any atom is 0.115 e. The van der Waals surface area contributed by atoms with Crippen LogP contribution in [0.5, 0.6) is 5.75 Å². The first kappa shape index (κ1) is 12.0. The van der Waals surface area contributed by atoms with Gasteiger partial charge in [0.1, 0.15) is 5.75 Å². The fraction of sp³-hybridized carbons (Fsp3) is 0.455. The molecule has 0 spiro atoms. The molecule has 0 saturated heterocycles. The van der Waals surface area contributed by atoms with E-state index in [1.807, 2.05) is 32.9 Å². The van der Waals surface area contributed by atoms with Crippen LogP contribution in [0.4, 0.5) is 0 Å². The zero-order valence-corrected chi connectivity index (χ0v) is 8.58. The van der Waals surface area contributed by atoms with Crippen molar-refractivity contribution in [3.63, 3.8) is 0 Å². The van der Waals surface area contributed by atoms with Crippen molar-refractivity contribution in [2.24, 2.45) is 0 Å². The third-order valence-electron chi connectivity index (χ3n) is 1.41. The number of aromatic hydroxyl groups is 1. The van der Waals surface area contributed by atoms with Gasteiger partial charge in [0.15, 0.2) is 0 Å². The van der Waals surface area contributed by atoms with Crippen molar-refractivity contribution < 1.29 is 9.84 Å². The number of hydrogen-bond donors (Lipinski definition) is 1. The molecule has 0 amide bonds. The summed E-state index contributed by atoms with van der Waals surface area (Å²) < 4.78 is 4.83. The Bertz CT molecular complexity index is 202. The van der Waals surface area contributed by atoms with Crippen molar-refractivity contribution in [1.29, 1.82) is 0 Å². The van der Waals surface area contributed by atoms with Crippen LogP contribution in [0, 0.1) is 6.92 Å². The Kier molecular flexibility index (Phi) is 7.02. The molecule has 0 heterocycles. The summed E-state index contributed by atoms with van der Waals surface area (Å²) in [6.45, 7) is 7.61. The van der Waals surface area contributed by atoms with Crippen LogP contribution in [-0.4, -0.2) is 18.3 Å². The molecule has 0 atom stereocenters. The van der Waals surface area contributed by atoms with Gasteiger partial charge in [-0.25, -0.2) is 0 Å². The number of hydrogen-bond acceptors (Lipinski definition) is 2. The van der Waals surface area contributed by atoms with Crippen molar-refractivity contribution in [2.45, 2.75) is 20.8 Å². The quantitative estimate of drug-likeness (QED) is 0.762. The molecule has 2 heteroatoms. The van der Waals surface area contributed by atoms with Crippen molar-refractivity contribution >= 4 is 0 Å². The Morgan fingerprint density at radius 1 is 1.23 bits per heavy atom. The Balaban J connectivity index is 0.000000252. The second kappa shape index (κ2) is 7.62. The van der Waals surface area contributed by atoms with Crippen LogP contribution in [-0.2, 0) is 4.74 Å². The smallest absolute Gasteiger partial charge is 0.115 e. The first-order valence-corrected chi connectivity index (χ1v) is 4.54. The summed E-state index contributed by atoms with van der Waals surface area (Å²) in [4.78, 5) is 0. The molecule has 0 aromatic heterocycles. The first-order chi connectivity index (χ1) is 6.20. The highest BCUT2D eigenvalue weighted by atomic mass is 16.5. The molecule has 74 valence electrons. The average Bonchev–Trinajstić information content (AvgIpc) is 2.06. The van der Waals surface area contributed by atoms with E-state index < -0.39 is 0 Å². The lowest BCUT2D eigenvalue weighted by atomic mass is 10.2. The van der Waals surface area contributed by atoms with Crippen LogP contribution in [0.25, 0.3) is 0 Å². The fourth-order valence-corrected chi connectivity index (χ4v) is 0.832. The SMILES string of the molecule is CCOCC.Cc1cccc(O)c1. The molecule has 0 bridgehead atoms. The van der Waals surface area contributed by atoms with Crippen LogP contribution in [0.15, 0.2) is 24.3 Å². The van der Waals surface area contributed by atoms with E-state index in [2.05, 4.69) is 0 Å². The second-order valence-electron chi connectivity index (χ2n) is 2.62. The van der Waals surface area contributed by atoms with Gasteiger partial charge in [-0.2, -0.15) is 0 Å². The zero-order valence-electron chi connectivity index (χ0n) is 8.58. The Hall–Kier alpha value is -1.02. The minimum absolute atomic E-state index is 0.338. The van der Waals surface area contributed by atoms with Gasteiger partial charge in [0.25, 0.3) is 0 Å². The summed E-state index contributed by atoms with van der Waals surface area (Å²) in [7, 11) is 0. The predicted octanol–water partition coefficient (Wildman–Crippen LogP) is 2.74. The number of phenols is 1. The number of rotatable bonds is 2. The molecule has 13 heavy (non-hydrogen) atoms. The highest BCUT2D eigenvalue weighted by molar-refractivity contribution is 5.25. The van der Waals surface area contributed by atoms with Gasteiger partial charge in [0, 0.05) is 13.2 Å². The molecule has 0 unspecified atom stereocenters. The number of ether oxygens (including phenoxy) is 1. The predicted molar refractivity (Wildman–Crippen MR) is 55.0 cm³/mol. The summed E-state index contributed by atoms with van der Waals surface area (Å²) in [5, 5.41) is 8.81. The molecule has 0 saturated carbocycles. The molecule has 1 N–H and O–H groups in total. The molecular formula is C11H18O2. The van der Waals surface area contributed by atoms with E-state index in [1.54, 1.807) is 12.1 Å². The van der Waals surface area contributed by atoms with Crippen molar-refractivity contribution in [3.05, 3.63) is 29.8 Å². The third kappa shape index (κ3) is 7.34. The van der Waals surface area contributed by atoms with Gasteiger partial charge in [0.05, 0.1) is 0 Å². The largest absolute Gasteiger partial charge is 0.508 e. The van der Waals surface area contributed by atoms with Crippen LogP contribution >= 0.6 is 0 Å². The van der Waals surface area contributed by atoms with E-state index in [0.717, 1.165) is 18.8 Å². The van der Waals surface area contributed by atoms with Crippen LogP contribution in [0.3, 0.4) is 0 Å². The van der Waals surface area contributed by atoms with E-state index >= 15 is 0 Å². The second-order valence-corrected chi connectivity index (χ2v) is 2.62. The molecule has 0 fully saturated rings. The van der Waals surface area contributed by atoms with Gasteiger partial charge in [-0.05, 0) is 38.5 Å². The first-order valence-electron chi connectivity index (χ1n) is 4.54. The van der Waals surface area contributed by atoms with E-state index in [0.29, 0.717) is 5.75 Å². The van der Waals surface area contributed by atoms with Gasteiger partial charge in [0.2, 0.25) is 0 Å². The molecule has 0 aliphatic rings. The Labute approximate surface area is 80.2 Å². The summed E-state index contributed by atoms with van der Waals surface area (Å²) >= 11 is 0. The monoisotopic (exact) mass is 182 g/mol. The van der Waals surface area contributed by atoms with E-state index in [-0.39, 0.29) is 0 Å². The number of aryl methyl sites for hydroxylation is 1. The third-order valence-corrected chi connectivity index (χ3v) is 1.41. The molecule has 1 rings (SSSR count). The Morgan fingerprint density at radius 3 is 2.08 bits per heavy atom. The lowest BCUT2D eigenvalue weighted by Gasteiger charge is -1.89. The van der Waals surface area contributed by atoms with E-state index in [1.165, 1.54) is 0 Å². The summed E-state index contributed by atoms with van der Waals surface area (Å²) in [6.07, 6.45) is 0. The topological polar surface area (TPSA) is 29.5 Å². The summed E-state index contributed by atoms with van der Waals surface area (Å²) in [5.74, 6) is 0.338. The van der Waals surface area contributed by atoms with E-state index in [9.17, 15) is 0 Å². The molecular weight excluding hydrogens is 164 g/mol. The number of phenolic OH excluding ortho intramolecular Hbond substituents is 1. The molecule has 1 aromatic rings.